The van der Waals surface area contributed by atoms with E-state index in [9.17, 15) is 4.79 Å². The highest BCUT2D eigenvalue weighted by molar-refractivity contribution is 7.13. The number of amides is 1. The predicted octanol–water partition coefficient (Wildman–Crippen LogP) is 4.15. The van der Waals surface area contributed by atoms with Gasteiger partial charge in [0.2, 0.25) is 6.79 Å². The molecule has 0 unspecified atom stereocenters. The second kappa shape index (κ2) is 8.26. The molecule has 2 aliphatic heterocycles. The van der Waals surface area contributed by atoms with Crippen LogP contribution in [0.5, 0.6) is 11.5 Å². The van der Waals surface area contributed by atoms with Crippen LogP contribution in [0.4, 0.5) is 0 Å². The first kappa shape index (κ1) is 19.4. The molecule has 154 valence electrons. The van der Waals surface area contributed by atoms with Crippen molar-refractivity contribution in [1.29, 1.82) is 0 Å². The van der Waals surface area contributed by atoms with Crippen LogP contribution in [-0.4, -0.2) is 53.7 Å². The lowest BCUT2D eigenvalue weighted by Gasteiger charge is -2.34. The molecule has 1 saturated heterocycles. The van der Waals surface area contributed by atoms with Crippen LogP contribution in [-0.2, 0) is 6.54 Å². The van der Waals surface area contributed by atoms with Gasteiger partial charge < -0.3 is 14.4 Å². The average molecular weight is 442 g/mol. The van der Waals surface area contributed by atoms with Crippen LogP contribution in [0.1, 0.15) is 16.1 Å². The third-order valence-corrected chi connectivity index (χ3v) is 6.46. The van der Waals surface area contributed by atoms with Gasteiger partial charge in [0.25, 0.3) is 5.91 Å². The molecule has 0 aliphatic carbocycles. The number of hydrogen-bond donors (Lipinski definition) is 0. The summed E-state index contributed by atoms with van der Waals surface area (Å²) in [6.07, 6.45) is 0. The van der Waals surface area contributed by atoms with Crippen LogP contribution in [0.15, 0.2) is 47.8 Å². The van der Waals surface area contributed by atoms with Crippen LogP contribution in [0, 0.1) is 0 Å². The van der Waals surface area contributed by atoms with Gasteiger partial charge in [0.15, 0.2) is 11.5 Å². The van der Waals surface area contributed by atoms with E-state index < -0.39 is 0 Å². The summed E-state index contributed by atoms with van der Waals surface area (Å²) in [5.74, 6) is 1.60. The molecule has 3 heterocycles. The van der Waals surface area contributed by atoms with E-state index in [0.717, 1.165) is 41.7 Å². The Hall–Kier alpha value is -2.61. The summed E-state index contributed by atoms with van der Waals surface area (Å²) in [6.45, 7) is 4.16. The zero-order valence-electron chi connectivity index (χ0n) is 16.2. The normalized spacial score (nSPS) is 16.1. The Morgan fingerprint density at radius 1 is 1.03 bits per heavy atom. The van der Waals surface area contributed by atoms with Crippen LogP contribution in [0.2, 0.25) is 5.02 Å². The summed E-state index contributed by atoms with van der Waals surface area (Å²) in [4.78, 5) is 21.7. The third kappa shape index (κ3) is 4.01. The molecular formula is C22H20ClN3O3S. The molecule has 8 heteroatoms. The molecular weight excluding hydrogens is 422 g/mol. The summed E-state index contributed by atoms with van der Waals surface area (Å²) in [5, 5.41) is 3.35. The van der Waals surface area contributed by atoms with Crippen molar-refractivity contribution >= 4 is 28.8 Å². The number of ether oxygens (including phenoxy) is 2. The van der Waals surface area contributed by atoms with Crippen LogP contribution in [0.25, 0.3) is 10.6 Å². The number of carbonyl (C=O) groups excluding carboxylic acids is 1. The minimum atomic E-state index is -0.00538. The Bertz CT molecular complexity index is 1060. The van der Waals surface area contributed by atoms with E-state index in [4.69, 9.17) is 21.1 Å². The van der Waals surface area contributed by atoms with E-state index in [1.165, 1.54) is 16.9 Å². The second-order valence-corrected chi connectivity index (χ2v) is 8.60. The second-order valence-electron chi connectivity index (χ2n) is 7.30. The molecule has 0 saturated carbocycles. The van der Waals surface area contributed by atoms with Crippen molar-refractivity contribution in [3.05, 3.63) is 64.1 Å². The van der Waals surface area contributed by atoms with E-state index in [2.05, 4.69) is 16.0 Å². The lowest BCUT2D eigenvalue weighted by Crippen LogP contribution is -2.48. The minimum Gasteiger partial charge on any atom is -0.454 e. The molecule has 1 fully saturated rings. The highest BCUT2D eigenvalue weighted by atomic mass is 35.5. The lowest BCUT2D eigenvalue weighted by molar-refractivity contribution is 0.0623. The molecule has 2 aromatic carbocycles. The largest absolute Gasteiger partial charge is 0.454 e. The maximum atomic E-state index is 12.9. The van der Waals surface area contributed by atoms with Crippen molar-refractivity contribution < 1.29 is 14.3 Å². The van der Waals surface area contributed by atoms with Crippen molar-refractivity contribution in [2.75, 3.05) is 33.0 Å². The van der Waals surface area contributed by atoms with Crippen molar-refractivity contribution in [2.24, 2.45) is 0 Å². The fraction of sp³-hybridized carbons (Fsp3) is 0.273. The zero-order valence-corrected chi connectivity index (χ0v) is 17.8. The van der Waals surface area contributed by atoms with Gasteiger partial charge in [-0.25, -0.2) is 4.98 Å². The van der Waals surface area contributed by atoms with E-state index >= 15 is 0 Å². The first-order valence-corrected chi connectivity index (χ1v) is 11.0. The number of hydrogen-bond acceptors (Lipinski definition) is 6. The molecule has 6 nitrogen and oxygen atoms in total. The number of carbonyl (C=O) groups is 1. The van der Waals surface area contributed by atoms with E-state index in [1.807, 2.05) is 46.7 Å². The Kier molecular flexibility index (Phi) is 5.33. The van der Waals surface area contributed by atoms with Gasteiger partial charge in [-0.05, 0) is 29.8 Å². The molecule has 5 rings (SSSR count). The maximum Gasteiger partial charge on any atom is 0.273 e. The first-order chi connectivity index (χ1) is 14.7. The third-order valence-electron chi connectivity index (χ3n) is 5.32. The predicted molar refractivity (Wildman–Crippen MR) is 116 cm³/mol. The topological polar surface area (TPSA) is 54.9 Å². The minimum absolute atomic E-state index is 0.00538. The van der Waals surface area contributed by atoms with Gasteiger partial charge in [0, 0.05) is 48.7 Å². The van der Waals surface area contributed by atoms with Gasteiger partial charge in [0.1, 0.15) is 10.7 Å². The van der Waals surface area contributed by atoms with Crippen molar-refractivity contribution in [3.8, 4) is 22.1 Å². The molecule has 2 aliphatic rings. The smallest absolute Gasteiger partial charge is 0.273 e. The SMILES string of the molecule is O=C(c1csc(-c2ccc(Cl)cc2)n1)N1CCN(Cc2ccc3c(c2)OCO3)CC1. The quantitative estimate of drug-likeness (QED) is 0.608. The van der Waals surface area contributed by atoms with Crippen molar-refractivity contribution in [2.45, 2.75) is 6.54 Å². The molecule has 1 aromatic heterocycles. The number of benzene rings is 2. The van der Waals surface area contributed by atoms with Gasteiger partial charge in [0.05, 0.1) is 0 Å². The van der Waals surface area contributed by atoms with Crippen LogP contribution in [0.3, 0.4) is 0 Å². The van der Waals surface area contributed by atoms with Gasteiger partial charge in [-0.2, -0.15) is 0 Å². The first-order valence-electron chi connectivity index (χ1n) is 9.77. The molecule has 0 spiro atoms. The van der Waals surface area contributed by atoms with E-state index in [-0.39, 0.29) is 12.7 Å². The Morgan fingerprint density at radius 3 is 2.60 bits per heavy atom. The van der Waals surface area contributed by atoms with E-state index in [1.54, 1.807) is 0 Å². The van der Waals surface area contributed by atoms with E-state index in [0.29, 0.717) is 23.8 Å². The Morgan fingerprint density at radius 2 is 1.80 bits per heavy atom. The monoisotopic (exact) mass is 441 g/mol. The average Bonchev–Trinajstić information content (AvgIpc) is 3.44. The van der Waals surface area contributed by atoms with Crippen LogP contribution >= 0.6 is 22.9 Å². The zero-order chi connectivity index (χ0) is 20.5. The number of piperazine rings is 1. The summed E-state index contributed by atoms with van der Waals surface area (Å²) in [5.41, 5.74) is 2.66. The molecule has 0 N–H and O–H groups in total. The highest BCUT2D eigenvalue weighted by Crippen LogP contribution is 2.33. The summed E-state index contributed by atoms with van der Waals surface area (Å²) in [7, 11) is 0. The fourth-order valence-corrected chi connectivity index (χ4v) is 4.59. The van der Waals surface area contributed by atoms with Gasteiger partial charge >= 0.3 is 0 Å². The number of fused-ring (bicyclic) bond motifs is 1. The maximum absolute atomic E-state index is 12.9. The number of rotatable bonds is 4. The van der Waals surface area contributed by atoms with Gasteiger partial charge in [-0.1, -0.05) is 29.8 Å². The fourth-order valence-electron chi connectivity index (χ4n) is 3.67. The van der Waals surface area contributed by atoms with Gasteiger partial charge in [-0.15, -0.1) is 11.3 Å². The number of halogens is 1. The molecule has 0 bridgehead atoms. The molecule has 3 aromatic rings. The standard InChI is InChI=1S/C22H20ClN3O3S/c23-17-4-2-16(3-5-17)21-24-18(13-30-21)22(27)26-9-7-25(8-10-26)12-15-1-6-19-20(11-15)29-14-28-19/h1-6,11,13H,7-10,12,14H2. The highest BCUT2D eigenvalue weighted by Gasteiger charge is 2.24. The Labute approximate surface area is 183 Å². The van der Waals surface area contributed by atoms with Crippen molar-refractivity contribution in [3.63, 3.8) is 0 Å². The lowest BCUT2D eigenvalue weighted by atomic mass is 10.1. The summed E-state index contributed by atoms with van der Waals surface area (Å²) in [6, 6.07) is 13.6. The number of aromatic nitrogens is 1. The van der Waals surface area contributed by atoms with Gasteiger partial charge in [-0.3, -0.25) is 9.69 Å². The summed E-state index contributed by atoms with van der Waals surface area (Å²) >= 11 is 7.43. The molecule has 30 heavy (non-hydrogen) atoms. The molecule has 0 radical (unpaired) electrons. The molecule has 0 atom stereocenters. The van der Waals surface area contributed by atoms with Crippen molar-refractivity contribution in [1.82, 2.24) is 14.8 Å². The van der Waals surface area contributed by atoms with Crippen LogP contribution < -0.4 is 9.47 Å². The summed E-state index contributed by atoms with van der Waals surface area (Å²) < 4.78 is 10.8. The Balaban J connectivity index is 1.18. The number of thiazole rings is 1. The number of nitrogens with zero attached hydrogens (tertiary/aromatic N) is 3. The molecule has 1 amide bonds.